The summed E-state index contributed by atoms with van der Waals surface area (Å²) in [5.74, 6) is 0.0466. The van der Waals surface area contributed by atoms with Crippen molar-refractivity contribution in [1.29, 1.82) is 0 Å². The molecule has 4 atom stereocenters. The zero-order valence-corrected chi connectivity index (χ0v) is 14.8. The van der Waals surface area contributed by atoms with Crippen molar-refractivity contribution >= 4 is 0 Å². The van der Waals surface area contributed by atoms with E-state index < -0.39 is 6.10 Å². The lowest BCUT2D eigenvalue weighted by molar-refractivity contribution is 0.163. The molecular formula is C20H32O3. The standard InChI is InChI=1S/C20H32O3/c1-14(2)17-9-7-15(3)6-5-11-20(4)19(23-20)10-8-16(13-21)12-18(17)22/h6,12,17-19,21-22H,1,5,7-11,13H2,2-4H3/b15-6+,16-12-/t17-,18+,19-,20-/m1/s1. The molecule has 0 spiro atoms. The van der Waals surface area contributed by atoms with E-state index in [-0.39, 0.29) is 24.2 Å². The predicted molar refractivity (Wildman–Crippen MR) is 94.2 cm³/mol. The summed E-state index contributed by atoms with van der Waals surface area (Å²) in [7, 11) is 0. The van der Waals surface area contributed by atoms with Crippen molar-refractivity contribution in [3.05, 3.63) is 35.5 Å². The van der Waals surface area contributed by atoms with Gasteiger partial charge in [0.15, 0.2) is 0 Å². The molecule has 0 saturated carbocycles. The maximum Gasteiger partial charge on any atom is 0.0923 e. The number of ether oxygens (including phenoxy) is 1. The van der Waals surface area contributed by atoms with Crippen LogP contribution in [0, 0.1) is 5.92 Å². The monoisotopic (exact) mass is 320 g/mol. The Morgan fingerprint density at radius 2 is 2.13 bits per heavy atom. The molecule has 3 heteroatoms. The van der Waals surface area contributed by atoms with E-state index >= 15 is 0 Å². The lowest BCUT2D eigenvalue weighted by Gasteiger charge is -2.22. The Balaban J connectivity index is 2.15. The zero-order valence-electron chi connectivity index (χ0n) is 14.8. The molecule has 130 valence electrons. The van der Waals surface area contributed by atoms with Gasteiger partial charge in [-0.25, -0.2) is 0 Å². The maximum atomic E-state index is 10.6. The van der Waals surface area contributed by atoms with Crippen molar-refractivity contribution in [1.82, 2.24) is 0 Å². The highest BCUT2D eigenvalue weighted by molar-refractivity contribution is 5.14. The number of rotatable bonds is 2. The molecule has 1 aliphatic carbocycles. The fourth-order valence-electron chi connectivity index (χ4n) is 3.56. The van der Waals surface area contributed by atoms with Gasteiger partial charge in [0, 0.05) is 5.92 Å². The van der Waals surface area contributed by atoms with Crippen molar-refractivity contribution < 1.29 is 14.9 Å². The highest BCUT2D eigenvalue weighted by atomic mass is 16.6. The molecule has 0 aromatic heterocycles. The molecule has 0 aromatic carbocycles. The fourth-order valence-corrected chi connectivity index (χ4v) is 3.56. The zero-order chi connectivity index (χ0) is 17.0. The summed E-state index contributed by atoms with van der Waals surface area (Å²) in [6, 6.07) is 0. The van der Waals surface area contributed by atoms with Crippen LogP contribution in [0.5, 0.6) is 0 Å². The molecule has 0 aromatic rings. The molecule has 0 amide bonds. The molecular weight excluding hydrogens is 288 g/mol. The molecule has 2 aliphatic rings. The van der Waals surface area contributed by atoms with E-state index in [1.54, 1.807) is 0 Å². The van der Waals surface area contributed by atoms with E-state index in [2.05, 4.69) is 26.5 Å². The minimum absolute atomic E-state index is 0.000316. The number of fused-ring (bicyclic) bond motifs is 1. The van der Waals surface area contributed by atoms with Crippen LogP contribution in [0.1, 0.15) is 59.3 Å². The first-order valence-electron chi connectivity index (χ1n) is 8.83. The first-order valence-corrected chi connectivity index (χ1v) is 8.83. The van der Waals surface area contributed by atoms with Crippen molar-refractivity contribution in [2.45, 2.75) is 77.1 Å². The van der Waals surface area contributed by atoms with Crippen LogP contribution in [0.15, 0.2) is 35.5 Å². The van der Waals surface area contributed by atoms with E-state index in [9.17, 15) is 10.2 Å². The normalized spacial score (nSPS) is 40.8. The van der Waals surface area contributed by atoms with E-state index in [4.69, 9.17) is 4.74 Å². The summed E-state index contributed by atoms with van der Waals surface area (Å²) in [6.07, 6.45) is 9.52. The van der Waals surface area contributed by atoms with Gasteiger partial charge in [-0.1, -0.05) is 29.9 Å². The quantitative estimate of drug-likeness (QED) is 0.599. The summed E-state index contributed by atoms with van der Waals surface area (Å²) in [4.78, 5) is 0. The van der Waals surface area contributed by atoms with Crippen LogP contribution in [-0.4, -0.2) is 34.6 Å². The van der Waals surface area contributed by atoms with Gasteiger partial charge in [0.05, 0.1) is 24.4 Å². The number of epoxide rings is 1. The minimum Gasteiger partial charge on any atom is -0.392 e. The summed E-state index contributed by atoms with van der Waals surface area (Å²) in [5, 5.41) is 20.2. The first-order chi connectivity index (χ1) is 10.9. The molecule has 2 N–H and O–H groups in total. The molecule has 0 unspecified atom stereocenters. The van der Waals surface area contributed by atoms with E-state index in [1.165, 1.54) is 5.57 Å². The van der Waals surface area contributed by atoms with Crippen LogP contribution >= 0.6 is 0 Å². The van der Waals surface area contributed by atoms with Gasteiger partial charge in [-0.05, 0) is 64.9 Å². The van der Waals surface area contributed by atoms with Crippen LogP contribution in [-0.2, 0) is 4.74 Å². The average Bonchev–Trinajstić information content (AvgIpc) is 3.13. The lowest BCUT2D eigenvalue weighted by atomic mass is 9.87. The van der Waals surface area contributed by atoms with Gasteiger partial charge in [-0.2, -0.15) is 0 Å². The average molecular weight is 320 g/mol. The van der Waals surface area contributed by atoms with Crippen molar-refractivity contribution in [3.63, 3.8) is 0 Å². The van der Waals surface area contributed by atoms with Gasteiger partial charge in [0.1, 0.15) is 0 Å². The minimum atomic E-state index is -0.572. The summed E-state index contributed by atoms with van der Waals surface area (Å²) in [6.45, 7) is 10.4. The predicted octanol–water partition coefficient (Wildman–Crippen LogP) is 3.92. The molecule has 0 radical (unpaired) electrons. The molecule has 1 fully saturated rings. The molecule has 0 bridgehead atoms. The Labute approximate surface area is 140 Å². The molecule has 1 aliphatic heterocycles. The van der Waals surface area contributed by atoms with Gasteiger partial charge in [-0.3, -0.25) is 0 Å². The maximum absolute atomic E-state index is 10.6. The number of hydrogen-bond acceptors (Lipinski definition) is 3. The number of aliphatic hydroxyl groups excluding tert-OH is 2. The van der Waals surface area contributed by atoms with Crippen LogP contribution in [0.25, 0.3) is 0 Å². The van der Waals surface area contributed by atoms with Crippen molar-refractivity contribution in [2.75, 3.05) is 6.61 Å². The molecule has 2 rings (SSSR count). The Kier molecular flexibility index (Phi) is 6.24. The van der Waals surface area contributed by atoms with Crippen molar-refractivity contribution in [3.8, 4) is 0 Å². The van der Waals surface area contributed by atoms with Gasteiger partial charge in [-0.15, -0.1) is 0 Å². The highest BCUT2D eigenvalue weighted by Crippen LogP contribution is 2.43. The smallest absolute Gasteiger partial charge is 0.0923 e. The van der Waals surface area contributed by atoms with Gasteiger partial charge >= 0.3 is 0 Å². The van der Waals surface area contributed by atoms with Crippen molar-refractivity contribution in [2.24, 2.45) is 5.92 Å². The largest absolute Gasteiger partial charge is 0.392 e. The van der Waals surface area contributed by atoms with E-state index in [0.29, 0.717) is 0 Å². The van der Waals surface area contributed by atoms with Crippen LogP contribution in [0.2, 0.25) is 0 Å². The highest BCUT2D eigenvalue weighted by Gasteiger charge is 2.50. The van der Waals surface area contributed by atoms with E-state index in [0.717, 1.165) is 49.7 Å². The summed E-state index contributed by atoms with van der Waals surface area (Å²) >= 11 is 0. The number of hydrogen-bond donors (Lipinski definition) is 2. The topological polar surface area (TPSA) is 53.0 Å². The molecule has 1 heterocycles. The summed E-state index contributed by atoms with van der Waals surface area (Å²) in [5.41, 5.74) is 3.28. The lowest BCUT2D eigenvalue weighted by Crippen LogP contribution is -2.20. The Hall–Kier alpha value is -0.900. The molecule has 23 heavy (non-hydrogen) atoms. The third kappa shape index (κ3) is 5.03. The van der Waals surface area contributed by atoms with Gasteiger partial charge < -0.3 is 14.9 Å². The second-order valence-electron chi connectivity index (χ2n) is 7.51. The second-order valence-corrected chi connectivity index (χ2v) is 7.51. The Morgan fingerprint density at radius 3 is 2.78 bits per heavy atom. The van der Waals surface area contributed by atoms with Crippen LogP contribution < -0.4 is 0 Å². The third-order valence-electron chi connectivity index (χ3n) is 5.40. The van der Waals surface area contributed by atoms with Gasteiger partial charge in [0.25, 0.3) is 0 Å². The fraction of sp³-hybridized carbons (Fsp3) is 0.700. The molecule has 3 nitrogen and oxygen atoms in total. The Morgan fingerprint density at radius 1 is 1.39 bits per heavy atom. The molecule has 1 saturated heterocycles. The third-order valence-corrected chi connectivity index (χ3v) is 5.40. The summed E-state index contributed by atoms with van der Waals surface area (Å²) < 4.78 is 5.88. The Bertz CT molecular complexity index is 491. The second kappa shape index (κ2) is 7.78. The SMILES string of the molecule is C=C(C)[C@H]1CC/C(C)=C/CC[C@@]2(C)O[C@@H]2CC/C(CO)=C/[C@@H]1O. The number of allylic oxidation sites excluding steroid dienone is 2. The van der Waals surface area contributed by atoms with E-state index in [1.807, 2.05) is 13.0 Å². The van der Waals surface area contributed by atoms with Gasteiger partial charge in [0.2, 0.25) is 0 Å². The first kappa shape index (κ1) is 18.4. The number of aliphatic hydroxyl groups is 2. The van der Waals surface area contributed by atoms with Crippen LogP contribution in [0.3, 0.4) is 0 Å². The van der Waals surface area contributed by atoms with Crippen LogP contribution in [0.4, 0.5) is 0 Å².